The first-order chi connectivity index (χ1) is 10.0. The molecule has 112 valence electrons. The number of benzene rings is 2. The number of para-hydroxylation sites is 1. The fourth-order valence-electron chi connectivity index (χ4n) is 1.51. The lowest BCUT2D eigenvalue weighted by molar-refractivity contribution is 0.219. The quantitative estimate of drug-likeness (QED) is 0.639. The minimum absolute atomic E-state index is 0.136. The van der Waals surface area contributed by atoms with E-state index < -0.39 is 7.82 Å². The number of halogens is 2. The van der Waals surface area contributed by atoms with E-state index in [1.165, 1.54) is 12.1 Å². The van der Waals surface area contributed by atoms with E-state index in [-0.39, 0.29) is 17.4 Å². The molecular formula is C14H13Cl2O4P. The molecule has 1 unspecified atom stereocenters. The molecule has 0 saturated heterocycles. The molecule has 0 fully saturated rings. The van der Waals surface area contributed by atoms with E-state index in [2.05, 4.69) is 0 Å². The Morgan fingerprint density at radius 3 is 2.43 bits per heavy atom. The molecule has 0 radical (unpaired) electrons. The van der Waals surface area contributed by atoms with Gasteiger partial charge in [0.2, 0.25) is 0 Å². The Bertz CT molecular complexity index is 649. The van der Waals surface area contributed by atoms with E-state index in [0.29, 0.717) is 10.8 Å². The monoisotopic (exact) mass is 346 g/mol. The Kier molecular flexibility index (Phi) is 5.54. The van der Waals surface area contributed by atoms with Crippen molar-refractivity contribution in [2.45, 2.75) is 6.92 Å². The Balaban J connectivity index is 2.25. The average Bonchev–Trinajstić information content (AvgIpc) is 2.44. The predicted octanol–water partition coefficient (Wildman–Crippen LogP) is 5.60. The maximum absolute atomic E-state index is 12.6. The maximum atomic E-state index is 12.6. The highest BCUT2D eigenvalue weighted by atomic mass is 35.5. The van der Waals surface area contributed by atoms with Crippen molar-refractivity contribution in [2.75, 3.05) is 6.61 Å². The van der Waals surface area contributed by atoms with E-state index in [9.17, 15) is 4.57 Å². The molecule has 0 heterocycles. The molecule has 0 aliphatic carbocycles. The topological polar surface area (TPSA) is 44.8 Å². The summed E-state index contributed by atoms with van der Waals surface area (Å²) in [4.78, 5) is 0. The predicted molar refractivity (Wildman–Crippen MR) is 83.4 cm³/mol. The third kappa shape index (κ3) is 4.65. The molecule has 0 bridgehead atoms. The Morgan fingerprint density at radius 2 is 1.76 bits per heavy atom. The summed E-state index contributed by atoms with van der Waals surface area (Å²) in [6.45, 7) is 1.84. The molecule has 0 aliphatic rings. The van der Waals surface area contributed by atoms with Crippen LogP contribution in [-0.4, -0.2) is 6.61 Å². The smallest absolute Gasteiger partial charge is 0.395 e. The van der Waals surface area contributed by atoms with Gasteiger partial charge in [-0.2, -0.15) is 0 Å². The number of hydrogen-bond donors (Lipinski definition) is 0. The van der Waals surface area contributed by atoms with Crippen LogP contribution in [0.1, 0.15) is 6.92 Å². The van der Waals surface area contributed by atoms with Crippen molar-refractivity contribution in [3.63, 3.8) is 0 Å². The molecule has 0 spiro atoms. The summed E-state index contributed by atoms with van der Waals surface area (Å²) in [6.07, 6.45) is 0. The number of phosphoric acid groups is 1. The molecule has 2 aromatic rings. The molecule has 0 aliphatic heterocycles. The van der Waals surface area contributed by atoms with Crippen LogP contribution in [0.4, 0.5) is 0 Å². The van der Waals surface area contributed by atoms with E-state index in [1.807, 2.05) is 6.07 Å². The summed E-state index contributed by atoms with van der Waals surface area (Å²) in [5, 5.41) is 0.660. The molecule has 0 amide bonds. The zero-order valence-electron chi connectivity index (χ0n) is 11.2. The van der Waals surface area contributed by atoms with Crippen LogP contribution in [0.5, 0.6) is 11.5 Å². The fraction of sp³-hybridized carbons (Fsp3) is 0.143. The third-order valence-electron chi connectivity index (χ3n) is 2.35. The lowest BCUT2D eigenvalue weighted by Gasteiger charge is -2.19. The van der Waals surface area contributed by atoms with E-state index in [4.69, 9.17) is 36.8 Å². The van der Waals surface area contributed by atoms with Gasteiger partial charge in [-0.15, -0.1) is 0 Å². The van der Waals surface area contributed by atoms with Crippen molar-refractivity contribution in [3.05, 3.63) is 58.6 Å². The molecule has 0 aromatic heterocycles. The van der Waals surface area contributed by atoms with E-state index >= 15 is 0 Å². The molecule has 0 saturated carbocycles. The normalized spacial score (nSPS) is 13.5. The number of hydrogen-bond acceptors (Lipinski definition) is 4. The summed E-state index contributed by atoms with van der Waals surface area (Å²) < 4.78 is 28.5. The van der Waals surface area contributed by atoms with Gasteiger partial charge in [0.05, 0.1) is 11.6 Å². The molecule has 4 nitrogen and oxygen atoms in total. The van der Waals surface area contributed by atoms with Gasteiger partial charge in [0.15, 0.2) is 5.75 Å². The van der Waals surface area contributed by atoms with Gasteiger partial charge in [-0.1, -0.05) is 41.4 Å². The Labute approximate surface area is 133 Å². The van der Waals surface area contributed by atoms with Crippen LogP contribution < -0.4 is 9.05 Å². The van der Waals surface area contributed by atoms with Crippen LogP contribution in [0, 0.1) is 0 Å². The van der Waals surface area contributed by atoms with E-state index in [0.717, 1.165) is 0 Å². The summed E-state index contributed by atoms with van der Waals surface area (Å²) in [5.41, 5.74) is 0. The zero-order valence-corrected chi connectivity index (χ0v) is 13.6. The highest BCUT2D eigenvalue weighted by molar-refractivity contribution is 7.49. The van der Waals surface area contributed by atoms with Crippen LogP contribution in [0.15, 0.2) is 48.5 Å². The standard InChI is InChI=1S/C14H13Cl2O4P/c1-2-18-21(17,19-12-6-4-3-5-7-12)20-14-10-11(15)8-9-13(14)16/h3-10H,2H2,1H3. The Morgan fingerprint density at radius 1 is 1.05 bits per heavy atom. The first kappa shape index (κ1) is 16.2. The van der Waals surface area contributed by atoms with E-state index in [1.54, 1.807) is 37.3 Å². The number of rotatable bonds is 6. The molecule has 0 N–H and O–H groups in total. The van der Waals surface area contributed by atoms with Crippen LogP contribution in [0.2, 0.25) is 10.0 Å². The summed E-state index contributed by atoms with van der Waals surface area (Å²) in [5.74, 6) is 0.504. The first-order valence-corrected chi connectivity index (χ1v) is 8.38. The van der Waals surface area contributed by atoms with Gasteiger partial charge in [-0.3, -0.25) is 4.52 Å². The second kappa shape index (κ2) is 7.19. The largest absolute Gasteiger partial charge is 0.587 e. The van der Waals surface area contributed by atoms with Crippen molar-refractivity contribution >= 4 is 31.0 Å². The van der Waals surface area contributed by atoms with Gasteiger partial charge >= 0.3 is 7.82 Å². The average molecular weight is 347 g/mol. The molecule has 1 atom stereocenters. The fourth-order valence-corrected chi connectivity index (χ4v) is 3.11. The van der Waals surface area contributed by atoms with Crippen molar-refractivity contribution in [1.29, 1.82) is 0 Å². The van der Waals surface area contributed by atoms with Gasteiger partial charge in [-0.25, -0.2) is 4.57 Å². The van der Waals surface area contributed by atoms with Gasteiger partial charge in [0.1, 0.15) is 5.75 Å². The molecule has 7 heteroatoms. The minimum atomic E-state index is -3.85. The maximum Gasteiger partial charge on any atom is 0.587 e. The molecule has 2 aromatic carbocycles. The lowest BCUT2D eigenvalue weighted by Crippen LogP contribution is -2.05. The first-order valence-electron chi connectivity index (χ1n) is 6.16. The van der Waals surface area contributed by atoms with Crippen molar-refractivity contribution < 1.29 is 18.1 Å². The van der Waals surface area contributed by atoms with Gasteiger partial charge < -0.3 is 9.05 Å². The molecule has 21 heavy (non-hydrogen) atoms. The zero-order chi connectivity index (χ0) is 15.3. The number of phosphoric ester groups is 1. The van der Waals surface area contributed by atoms with Gasteiger partial charge in [0.25, 0.3) is 0 Å². The van der Waals surface area contributed by atoms with Crippen LogP contribution in [0.3, 0.4) is 0 Å². The van der Waals surface area contributed by atoms with Gasteiger partial charge in [0, 0.05) is 11.1 Å². The highest BCUT2D eigenvalue weighted by Crippen LogP contribution is 2.51. The van der Waals surface area contributed by atoms with Crippen LogP contribution in [0.25, 0.3) is 0 Å². The summed E-state index contributed by atoms with van der Waals surface area (Å²) in [6, 6.07) is 13.2. The van der Waals surface area contributed by atoms with Crippen LogP contribution in [-0.2, 0) is 9.09 Å². The summed E-state index contributed by atoms with van der Waals surface area (Å²) in [7, 11) is -3.85. The summed E-state index contributed by atoms with van der Waals surface area (Å²) >= 11 is 11.9. The van der Waals surface area contributed by atoms with Crippen molar-refractivity contribution in [1.82, 2.24) is 0 Å². The molecular weight excluding hydrogens is 334 g/mol. The van der Waals surface area contributed by atoms with Crippen LogP contribution >= 0.6 is 31.0 Å². The molecule has 2 rings (SSSR count). The van der Waals surface area contributed by atoms with Gasteiger partial charge in [-0.05, 0) is 31.2 Å². The SMILES string of the molecule is CCOP(=O)(Oc1ccccc1)Oc1cc(Cl)ccc1Cl. The highest BCUT2D eigenvalue weighted by Gasteiger charge is 2.31. The second-order valence-corrected chi connectivity index (χ2v) is 6.30. The Hall–Kier alpha value is -1.19. The minimum Gasteiger partial charge on any atom is -0.395 e. The van der Waals surface area contributed by atoms with Crippen molar-refractivity contribution in [2.24, 2.45) is 0 Å². The van der Waals surface area contributed by atoms with Crippen molar-refractivity contribution in [3.8, 4) is 11.5 Å². The second-order valence-electron chi connectivity index (χ2n) is 3.94. The lowest BCUT2D eigenvalue weighted by atomic mass is 10.3. The third-order valence-corrected chi connectivity index (χ3v) is 4.33.